The highest BCUT2D eigenvalue weighted by Crippen LogP contribution is 2.40. The average Bonchev–Trinajstić information content (AvgIpc) is 2.77. The number of amides is 2. The lowest BCUT2D eigenvalue weighted by molar-refractivity contribution is -0.119. The van der Waals surface area contributed by atoms with Gasteiger partial charge in [0.1, 0.15) is 0 Å². The average molecular weight is 446 g/mol. The lowest BCUT2D eigenvalue weighted by Gasteiger charge is -2.21. The van der Waals surface area contributed by atoms with Crippen LogP contribution in [0.15, 0.2) is 35.2 Å². The second-order valence-corrected chi connectivity index (χ2v) is 7.88. The Balaban J connectivity index is 1.63. The first-order valence-electron chi connectivity index (χ1n) is 9.24. The van der Waals surface area contributed by atoms with Gasteiger partial charge in [0.25, 0.3) is 5.91 Å². The maximum Gasteiger partial charge on any atom is 0.338 e. The van der Waals surface area contributed by atoms with Gasteiger partial charge in [-0.15, -0.1) is 11.8 Å². The Labute approximate surface area is 183 Å². The molecular weight excluding hydrogens is 424 g/mol. The predicted molar refractivity (Wildman–Crippen MR) is 115 cm³/mol. The van der Waals surface area contributed by atoms with E-state index in [1.165, 1.54) is 39.2 Å². The number of carbonyl (C=O) groups excluding carboxylic acids is 3. The second-order valence-electron chi connectivity index (χ2n) is 6.50. The first-order chi connectivity index (χ1) is 14.9. The fourth-order valence-electron chi connectivity index (χ4n) is 2.90. The number of hydrogen-bond donors (Lipinski definition) is 2. The fraction of sp³-hybridized carbons (Fsp3) is 0.286. The van der Waals surface area contributed by atoms with E-state index < -0.39 is 18.5 Å². The summed E-state index contributed by atoms with van der Waals surface area (Å²) in [7, 11) is 4.40. The maximum atomic E-state index is 12.3. The van der Waals surface area contributed by atoms with E-state index in [2.05, 4.69) is 10.6 Å². The van der Waals surface area contributed by atoms with Crippen molar-refractivity contribution in [3.63, 3.8) is 0 Å². The van der Waals surface area contributed by atoms with Crippen LogP contribution >= 0.6 is 11.8 Å². The zero-order chi connectivity index (χ0) is 22.5. The molecule has 0 saturated carbocycles. The minimum atomic E-state index is -0.680. The van der Waals surface area contributed by atoms with E-state index in [9.17, 15) is 14.4 Å². The van der Waals surface area contributed by atoms with Crippen LogP contribution in [0.1, 0.15) is 17.3 Å². The van der Waals surface area contributed by atoms with Gasteiger partial charge in [-0.1, -0.05) is 0 Å². The van der Waals surface area contributed by atoms with Gasteiger partial charge in [0.15, 0.2) is 18.1 Å². The van der Waals surface area contributed by atoms with E-state index in [0.29, 0.717) is 28.6 Å². The SMILES string of the molecule is COc1cc(NC(=O)COC(=O)c2ccc3c(c2)NC(=O)C(C)S3)cc(OC)c1OC. The summed E-state index contributed by atoms with van der Waals surface area (Å²) in [6.45, 7) is 1.31. The van der Waals surface area contributed by atoms with Crippen LogP contribution in [0.4, 0.5) is 11.4 Å². The van der Waals surface area contributed by atoms with Crippen LogP contribution in [0.25, 0.3) is 0 Å². The zero-order valence-corrected chi connectivity index (χ0v) is 18.3. The molecule has 0 aliphatic carbocycles. The van der Waals surface area contributed by atoms with Crippen molar-refractivity contribution in [1.82, 2.24) is 0 Å². The molecular formula is C21H22N2O7S. The van der Waals surface area contributed by atoms with E-state index in [1.54, 1.807) is 31.2 Å². The molecule has 2 N–H and O–H groups in total. The van der Waals surface area contributed by atoms with Crippen LogP contribution in [0.2, 0.25) is 0 Å². The van der Waals surface area contributed by atoms with Crippen LogP contribution in [0.5, 0.6) is 17.2 Å². The summed E-state index contributed by atoms with van der Waals surface area (Å²) < 4.78 is 20.8. The van der Waals surface area contributed by atoms with Gasteiger partial charge in [0, 0.05) is 22.7 Å². The topological polar surface area (TPSA) is 112 Å². The minimum Gasteiger partial charge on any atom is -0.493 e. The summed E-state index contributed by atoms with van der Waals surface area (Å²) in [6, 6.07) is 7.99. The highest BCUT2D eigenvalue weighted by molar-refractivity contribution is 8.00. The van der Waals surface area contributed by atoms with Gasteiger partial charge < -0.3 is 29.6 Å². The summed E-state index contributed by atoms with van der Waals surface area (Å²) in [4.78, 5) is 37.3. The van der Waals surface area contributed by atoms with Crippen LogP contribution in [-0.4, -0.2) is 51.0 Å². The number of rotatable bonds is 7. The number of hydrogen-bond acceptors (Lipinski definition) is 8. The number of ether oxygens (including phenoxy) is 4. The molecule has 31 heavy (non-hydrogen) atoms. The Hall–Kier alpha value is -3.40. The van der Waals surface area contributed by atoms with Crippen molar-refractivity contribution in [3.05, 3.63) is 35.9 Å². The zero-order valence-electron chi connectivity index (χ0n) is 17.4. The Kier molecular flexibility index (Phi) is 6.91. The second kappa shape index (κ2) is 9.61. The fourth-order valence-corrected chi connectivity index (χ4v) is 3.83. The monoisotopic (exact) mass is 446 g/mol. The summed E-state index contributed by atoms with van der Waals surface area (Å²) in [5, 5.41) is 5.17. The van der Waals surface area contributed by atoms with Crippen molar-refractivity contribution in [2.75, 3.05) is 38.6 Å². The third-order valence-corrected chi connectivity index (χ3v) is 5.61. The summed E-state index contributed by atoms with van der Waals surface area (Å²) in [5.74, 6) is -0.219. The standard InChI is InChI=1S/C21H22N2O7S/c1-11-20(25)23-14-7-12(5-6-17(14)31-11)21(26)30-10-18(24)22-13-8-15(27-2)19(29-4)16(9-13)28-3/h5-9,11H,10H2,1-4H3,(H,22,24)(H,23,25). The van der Waals surface area contributed by atoms with Gasteiger partial charge in [0.2, 0.25) is 11.7 Å². The predicted octanol–water partition coefficient (Wildman–Crippen LogP) is 2.94. The van der Waals surface area contributed by atoms with E-state index in [0.717, 1.165) is 4.90 Å². The van der Waals surface area contributed by atoms with Crippen molar-refractivity contribution in [3.8, 4) is 17.2 Å². The summed E-state index contributed by atoms with van der Waals surface area (Å²) in [5.41, 5.74) is 1.16. The summed E-state index contributed by atoms with van der Waals surface area (Å²) in [6.07, 6.45) is 0. The molecule has 9 nitrogen and oxygen atoms in total. The van der Waals surface area contributed by atoms with E-state index in [4.69, 9.17) is 18.9 Å². The van der Waals surface area contributed by atoms with Crippen LogP contribution in [-0.2, 0) is 14.3 Å². The van der Waals surface area contributed by atoms with Gasteiger partial charge in [-0.2, -0.15) is 0 Å². The number of nitrogens with one attached hydrogen (secondary N) is 2. The molecule has 0 fully saturated rings. The lowest BCUT2D eigenvalue weighted by Crippen LogP contribution is -2.26. The third-order valence-electron chi connectivity index (χ3n) is 4.43. The van der Waals surface area contributed by atoms with Crippen molar-refractivity contribution in [2.24, 2.45) is 0 Å². The van der Waals surface area contributed by atoms with E-state index in [1.807, 2.05) is 0 Å². The van der Waals surface area contributed by atoms with Crippen molar-refractivity contribution >= 4 is 40.9 Å². The van der Waals surface area contributed by atoms with Crippen molar-refractivity contribution in [1.29, 1.82) is 0 Å². The number of thioether (sulfide) groups is 1. The lowest BCUT2D eigenvalue weighted by atomic mass is 10.2. The largest absolute Gasteiger partial charge is 0.493 e. The minimum absolute atomic E-state index is 0.132. The molecule has 0 bridgehead atoms. The molecule has 0 aromatic heterocycles. The molecule has 1 aliphatic heterocycles. The van der Waals surface area contributed by atoms with Crippen molar-refractivity contribution < 1.29 is 33.3 Å². The van der Waals surface area contributed by atoms with Crippen LogP contribution in [0.3, 0.4) is 0 Å². The Bertz CT molecular complexity index is 1000. The highest BCUT2D eigenvalue weighted by Gasteiger charge is 2.24. The molecule has 10 heteroatoms. The molecule has 164 valence electrons. The first-order valence-corrected chi connectivity index (χ1v) is 10.1. The Morgan fingerprint density at radius 3 is 2.35 bits per heavy atom. The number of carbonyl (C=O) groups is 3. The number of anilines is 2. The molecule has 0 saturated heterocycles. The summed E-state index contributed by atoms with van der Waals surface area (Å²) >= 11 is 1.41. The highest BCUT2D eigenvalue weighted by atomic mass is 32.2. The van der Waals surface area contributed by atoms with Crippen LogP contribution in [0, 0.1) is 0 Å². The quantitative estimate of drug-likeness (QED) is 0.625. The molecule has 1 unspecified atom stereocenters. The molecule has 1 aliphatic rings. The molecule has 2 aromatic carbocycles. The smallest absolute Gasteiger partial charge is 0.338 e. The van der Waals surface area contributed by atoms with Gasteiger partial charge in [-0.05, 0) is 25.1 Å². The van der Waals surface area contributed by atoms with E-state index in [-0.39, 0.29) is 16.7 Å². The molecule has 1 heterocycles. The van der Waals surface area contributed by atoms with E-state index >= 15 is 0 Å². The molecule has 2 aromatic rings. The molecule has 1 atom stereocenters. The van der Waals surface area contributed by atoms with Crippen LogP contribution < -0.4 is 24.8 Å². The van der Waals surface area contributed by atoms with Gasteiger partial charge >= 0.3 is 5.97 Å². The van der Waals surface area contributed by atoms with Crippen molar-refractivity contribution in [2.45, 2.75) is 17.1 Å². The number of methoxy groups -OCH3 is 3. The number of fused-ring (bicyclic) bond motifs is 1. The van der Waals surface area contributed by atoms with Gasteiger partial charge in [-0.3, -0.25) is 9.59 Å². The Morgan fingerprint density at radius 1 is 1.06 bits per heavy atom. The molecule has 0 spiro atoms. The maximum absolute atomic E-state index is 12.3. The van der Waals surface area contributed by atoms with Gasteiger partial charge in [0.05, 0.1) is 37.8 Å². The molecule has 2 amide bonds. The normalized spacial score (nSPS) is 14.7. The Morgan fingerprint density at radius 2 is 1.74 bits per heavy atom. The number of benzene rings is 2. The molecule has 3 rings (SSSR count). The van der Waals surface area contributed by atoms with Gasteiger partial charge in [-0.25, -0.2) is 4.79 Å². The molecule has 0 radical (unpaired) electrons. The third kappa shape index (κ3) is 5.02. The first kappa shape index (κ1) is 22.3. The number of esters is 1.